The van der Waals surface area contributed by atoms with E-state index in [-0.39, 0.29) is 59.6 Å². The molecule has 6 rings (SSSR count). The molecule has 0 unspecified atom stereocenters. The van der Waals surface area contributed by atoms with E-state index in [0.29, 0.717) is 32.1 Å². The molecule has 4 heterocycles. The second-order valence-corrected chi connectivity index (χ2v) is 14.5. The fourth-order valence-corrected chi connectivity index (χ4v) is 8.86. The van der Waals surface area contributed by atoms with Crippen molar-refractivity contribution in [1.29, 1.82) is 0 Å². The van der Waals surface area contributed by atoms with Crippen LogP contribution in [0.5, 0.6) is 0 Å². The molecular formula is C36H44N6O4S2. The first kappa shape index (κ1) is 34.2. The van der Waals surface area contributed by atoms with Gasteiger partial charge in [0.25, 0.3) is 11.1 Å². The highest BCUT2D eigenvalue weighted by Gasteiger charge is 2.27. The monoisotopic (exact) mass is 688 g/mol. The zero-order chi connectivity index (χ0) is 33.6. The number of benzene rings is 2. The third-order valence-corrected chi connectivity index (χ3v) is 11.6. The summed E-state index contributed by atoms with van der Waals surface area (Å²) in [6, 6.07) is 14.9. The maximum Gasteiger partial charge on any atom is 0.262 e. The van der Waals surface area contributed by atoms with Crippen molar-refractivity contribution in [2.75, 3.05) is 24.6 Å². The van der Waals surface area contributed by atoms with Crippen molar-refractivity contribution < 1.29 is 9.59 Å². The summed E-state index contributed by atoms with van der Waals surface area (Å²) in [6.45, 7) is 6.06. The Morgan fingerprint density at radius 3 is 1.50 bits per heavy atom. The molecule has 2 aromatic carbocycles. The van der Waals surface area contributed by atoms with Gasteiger partial charge in [-0.1, -0.05) is 61.6 Å². The number of carbonyl (C=O) groups excluding carboxylic acids is 2. The molecule has 0 radical (unpaired) electrons. The predicted octanol–water partition coefficient (Wildman–Crippen LogP) is 5.57. The number of hydrogen-bond acceptors (Lipinski definition) is 8. The Labute approximate surface area is 289 Å². The van der Waals surface area contributed by atoms with Gasteiger partial charge in [0.2, 0.25) is 11.8 Å². The van der Waals surface area contributed by atoms with Gasteiger partial charge < -0.3 is 9.80 Å². The van der Waals surface area contributed by atoms with Gasteiger partial charge in [-0.3, -0.25) is 28.3 Å². The van der Waals surface area contributed by atoms with E-state index in [9.17, 15) is 19.2 Å². The minimum atomic E-state index is -0.221. The number of nitrogens with zero attached hydrogens (tertiary/aromatic N) is 6. The first-order valence-electron chi connectivity index (χ1n) is 17.2. The molecule has 2 amide bonds. The van der Waals surface area contributed by atoms with Crippen LogP contribution in [0.2, 0.25) is 0 Å². The van der Waals surface area contributed by atoms with E-state index in [1.807, 2.05) is 34.1 Å². The summed E-state index contributed by atoms with van der Waals surface area (Å²) in [5.74, 6) is 0.463. The Hall–Kier alpha value is -3.64. The van der Waals surface area contributed by atoms with E-state index in [1.165, 1.54) is 23.5 Å². The number of amides is 2. The number of hydrogen-bond donors (Lipinski definition) is 0. The molecule has 2 aliphatic heterocycles. The fourth-order valence-electron chi connectivity index (χ4n) is 7.04. The topological polar surface area (TPSA) is 110 Å². The van der Waals surface area contributed by atoms with Crippen LogP contribution in [-0.4, -0.2) is 77.4 Å². The highest BCUT2D eigenvalue weighted by Crippen LogP contribution is 2.25. The summed E-state index contributed by atoms with van der Waals surface area (Å²) in [5.41, 5.74) is 0.699. The zero-order valence-electron chi connectivity index (χ0n) is 27.8. The Morgan fingerprint density at radius 1 is 0.667 bits per heavy atom. The summed E-state index contributed by atoms with van der Waals surface area (Å²) >= 11 is 2.54. The number of fused-ring (bicyclic) bond motifs is 2. The second kappa shape index (κ2) is 15.7. The molecule has 2 atom stereocenters. The number of para-hydroxylation sites is 2. The van der Waals surface area contributed by atoms with E-state index in [2.05, 4.69) is 13.8 Å². The minimum absolute atomic E-state index is 0.0535. The smallest absolute Gasteiger partial charge is 0.262 e. The van der Waals surface area contributed by atoms with Crippen LogP contribution < -0.4 is 11.1 Å². The third kappa shape index (κ3) is 7.34. The predicted molar refractivity (Wildman–Crippen MR) is 193 cm³/mol. The number of likely N-dealkylation sites (tertiary alicyclic amines) is 2. The largest absolute Gasteiger partial charge is 0.339 e. The molecule has 0 N–H and O–H groups in total. The van der Waals surface area contributed by atoms with Crippen molar-refractivity contribution in [2.24, 2.45) is 0 Å². The molecule has 2 aliphatic rings. The number of rotatable bonds is 11. The van der Waals surface area contributed by atoms with Gasteiger partial charge in [0.15, 0.2) is 10.3 Å². The van der Waals surface area contributed by atoms with E-state index in [4.69, 9.17) is 9.97 Å². The SMILES string of the molecule is CC[C@H]1CCCCN1C(=O)CSc1nc2ccccc2c(=O)n1CCn1c(SCC(=O)N2CCCC[C@@H]2CC)nc2ccccc2c1=O. The van der Waals surface area contributed by atoms with E-state index in [0.717, 1.165) is 64.5 Å². The van der Waals surface area contributed by atoms with Gasteiger partial charge in [0.05, 0.1) is 33.3 Å². The van der Waals surface area contributed by atoms with Crippen LogP contribution in [0.4, 0.5) is 0 Å². The number of carbonyl (C=O) groups is 2. The first-order valence-corrected chi connectivity index (χ1v) is 19.2. The van der Waals surface area contributed by atoms with Crippen molar-refractivity contribution in [3.05, 3.63) is 69.2 Å². The van der Waals surface area contributed by atoms with E-state index in [1.54, 1.807) is 33.4 Å². The molecule has 0 spiro atoms. The molecule has 0 bridgehead atoms. The molecule has 0 saturated carbocycles. The van der Waals surface area contributed by atoms with Crippen molar-refractivity contribution >= 4 is 57.1 Å². The fraction of sp³-hybridized carbons (Fsp3) is 0.500. The zero-order valence-corrected chi connectivity index (χ0v) is 29.4. The van der Waals surface area contributed by atoms with Crippen LogP contribution in [0.15, 0.2) is 68.4 Å². The molecule has 10 nitrogen and oxygen atoms in total. The van der Waals surface area contributed by atoms with Crippen molar-refractivity contribution in [3.63, 3.8) is 0 Å². The molecule has 254 valence electrons. The molecule has 2 fully saturated rings. The van der Waals surface area contributed by atoms with E-state index < -0.39 is 0 Å². The number of aromatic nitrogens is 4. The van der Waals surface area contributed by atoms with E-state index >= 15 is 0 Å². The Bertz CT molecular complexity index is 1770. The lowest BCUT2D eigenvalue weighted by Crippen LogP contribution is -2.44. The Morgan fingerprint density at radius 2 is 1.08 bits per heavy atom. The quantitative estimate of drug-likeness (QED) is 0.149. The molecule has 2 aromatic heterocycles. The molecule has 4 aromatic rings. The summed E-state index contributed by atoms with van der Waals surface area (Å²) in [7, 11) is 0. The summed E-state index contributed by atoms with van der Waals surface area (Å²) in [4.78, 5) is 68.2. The van der Waals surface area contributed by atoms with Gasteiger partial charge in [-0.05, 0) is 75.6 Å². The van der Waals surface area contributed by atoms with Crippen LogP contribution in [-0.2, 0) is 22.7 Å². The van der Waals surface area contributed by atoms with Gasteiger partial charge in [0.1, 0.15) is 0 Å². The van der Waals surface area contributed by atoms with Gasteiger partial charge in [-0.15, -0.1) is 0 Å². The molecule has 2 saturated heterocycles. The molecule has 0 aliphatic carbocycles. The standard InChI is InChI=1S/C36H44N6O4S2/c1-3-25-13-9-11-19-39(25)31(43)23-47-35-37-29-17-7-5-15-27(29)33(45)41(35)21-22-42-34(46)28-16-6-8-18-30(28)38-36(42)48-24-32(44)40-20-12-10-14-26(40)4-2/h5-8,15-18,25-26H,3-4,9-14,19-24H2,1-2H3/t25-,26-/m0/s1. The molecule has 12 heteroatoms. The van der Waals surface area contributed by atoms with Gasteiger partial charge in [0, 0.05) is 38.3 Å². The average Bonchev–Trinajstić information content (AvgIpc) is 3.13. The summed E-state index contributed by atoms with van der Waals surface area (Å²) in [6.07, 6.45) is 8.16. The highest BCUT2D eigenvalue weighted by atomic mass is 32.2. The Kier molecular flexibility index (Phi) is 11.2. The van der Waals surface area contributed by atoms with Crippen LogP contribution in [0, 0.1) is 0 Å². The van der Waals surface area contributed by atoms with Crippen molar-refractivity contribution in [2.45, 2.75) is 101 Å². The third-order valence-electron chi connectivity index (χ3n) is 9.69. The second-order valence-electron chi connectivity index (χ2n) is 12.6. The number of piperidine rings is 2. The lowest BCUT2D eigenvalue weighted by atomic mass is 10.0. The van der Waals surface area contributed by atoms with Crippen molar-refractivity contribution in [1.82, 2.24) is 28.9 Å². The van der Waals surface area contributed by atoms with Crippen LogP contribution in [0.25, 0.3) is 21.8 Å². The van der Waals surface area contributed by atoms with Gasteiger partial charge >= 0.3 is 0 Å². The maximum atomic E-state index is 13.9. The first-order chi connectivity index (χ1) is 23.4. The minimum Gasteiger partial charge on any atom is -0.339 e. The lowest BCUT2D eigenvalue weighted by molar-refractivity contribution is -0.132. The van der Waals surface area contributed by atoms with Crippen molar-refractivity contribution in [3.8, 4) is 0 Å². The average molecular weight is 689 g/mol. The molecular weight excluding hydrogens is 645 g/mol. The normalized spacial score (nSPS) is 18.5. The van der Waals surface area contributed by atoms with Gasteiger partial charge in [-0.25, -0.2) is 9.97 Å². The molecule has 48 heavy (non-hydrogen) atoms. The number of thioether (sulfide) groups is 2. The highest BCUT2D eigenvalue weighted by molar-refractivity contribution is 8.00. The van der Waals surface area contributed by atoms with Crippen LogP contribution >= 0.6 is 23.5 Å². The Balaban J connectivity index is 1.29. The van der Waals surface area contributed by atoms with Crippen LogP contribution in [0.3, 0.4) is 0 Å². The summed E-state index contributed by atoms with van der Waals surface area (Å²) < 4.78 is 3.16. The summed E-state index contributed by atoms with van der Waals surface area (Å²) in [5, 5.41) is 1.84. The maximum absolute atomic E-state index is 13.9. The lowest BCUT2D eigenvalue weighted by Gasteiger charge is -2.35. The van der Waals surface area contributed by atoms with Gasteiger partial charge in [-0.2, -0.15) is 0 Å². The van der Waals surface area contributed by atoms with Crippen LogP contribution in [0.1, 0.15) is 65.2 Å².